The molecule has 0 unspecified atom stereocenters. The lowest BCUT2D eigenvalue weighted by Crippen LogP contribution is -2.42. The molecule has 0 aliphatic rings. The Morgan fingerprint density at radius 2 is 1.94 bits per heavy atom. The molecule has 0 spiro atoms. The van der Waals surface area contributed by atoms with Gasteiger partial charge in [-0.05, 0) is 19.4 Å². The van der Waals surface area contributed by atoms with Gasteiger partial charge in [0.15, 0.2) is 0 Å². The highest BCUT2D eigenvalue weighted by Crippen LogP contribution is 2.02. The molecule has 1 aromatic carbocycles. The normalized spacial score (nSPS) is 11.7. The van der Waals surface area contributed by atoms with Crippen molar-refractivity contribution in [2.24, 2.45) is 0 Å². The maximum Gasteiger partial charge on any atom is 0.309 e. The van der Waals surface area contributed by atoms with Gasteiger partial charge in [0.05, 0.1) is 6.10 Å². The van der Waals surface area contributed by atoms with Crippen LogP contribution in [0.2, 0.25) is 0 Å². The Balaban J connectivity index is 2.39. The number of aliphatic hydroxyl groups is 1. The van der Waals surface area contributed by atoms with E-state index < -0.39 is 17.9 Å². The average molecular weight is 250 g/mol. The summed E-state index contributed by atoms with van der Waals surface area (Å²) in [5.74, 6) is -1.43. The van der Waals surface area contributed by atoms with Gasteiger partial charge in [0.25, 0.3) is 0 Å². The summed E-state index contributed by atoms with van der Waals surface area (Å²) in [6.07, 6.45) is -0.668. The number of hydrogen-bond donors (Lipinski definition) is 3. The molecule has 0 aliphatic carbocycles. The van der Waals surface area contributed by atoms with E-state index in [2.05, 4.69) is 10.6 Å². The molecule has 0 radical (unpaired) electrons. The van der Waals surface area contributed by atoms with Gasteiger partial charge in [0, 0.05) is 13.1 Å². The van der Waals surface area contributed by atoms with Crippen LogP contribution in [0.3, 0.4) is 0 Å². The van der Waals surface area contributed by atoms with Crippen molar-refractivity contribution >= 4 is 11.8 Å². The van der Waals surface area contributed by atoms with Crippen molar-refractivity contribution in [3.63, 3.8) is 0 Å². The summed E-state index contributed by atoms with van der Waals surface area (Å²) in [4.78, 5) is 22.7. The van der Waals surface area contributed by atoms with Gasteiger partial charge in [-0.3, -0.25) is 9.59 Å². The van der Waals surface area contributed by atoms with Crippen LogP contribution in [0.5, 0.6) is 0 Å². The Morgan fingerprint density at radius 1 is 1.28 bits per heavy atom. The molecule has 1 atom stereocenters. The molecule has 1 aromatic rings. The smallest absolute Gasteiger partial charge is 0.309 e. The topological polar surface area (TPSA) is 78.4 Å². The van der Waals surface area contributed by atoms with Gasteiger partial charge in [0.1, 0.15) is 0 Å². The van der Waals surface area contributed by atoms with Gasteiger partial charge in [-0.25, -0.2) is 0 Å². The van der Waals surface area contributed by atoms with Crippen molar-refractivity contribution in [3.8, 4) is 0 Å². The highest BCUT2D eigenvalue weighted by atomic mass is 16.3. The van der Waals surface area contributed by atoms with Gasteiger partial charge in [-0.15, -0.1) is 0 Å². The van der Waals surface area contributed by atoms with Crippen LogP contribution in [0.25, 0.3) is 0 Å². The predicted molar refractivity (Wildman–Crippen MR) is 67.7 cm³/mol. The summed E-state index contributed by atoms with van der Waals surface area (Å²) in [6.45, 7) is 3.87. The molecular weight excluding hydrogens is 232 g/mol. The minimum atomic E-state index is -0.733. The fourth-order valence-corrected chi connectivity index (χ4v) is 1.41. The van der Waals surface area contributed by atoms with Crippen molar-refractivity contribution in [2.75, 3.05) is 6.54 Å². The van der Waals surface area contributed by atoms with Crippen LogP contribution in [0.1, 0.15) is 18.1 Å². The fourth-order valence-electron chi connectivity index (χ4n) is 1.41. The van der Waals surface area contributed by atoms with Crippen LogP contribution < -0.4 is 10.6 Å². The van der Waals surface area contributed by atoms with Crippen molar-refractivity contribution in [1.29, 1.82) is 0 Å². The molecule has 0 saturated carbocycles. The Bertz CT molecular complexity index is 430. The summed E-state index contributed by atoms with van der Waals surface area (Å²) < 4.78 is 0. The molecule has 0 aromatic heterocycles. The summed E-state index contributed by atoms with van der Waals surface area (Å²) in [6, 6.07) is 7.67. The largest absolute Gasteiger partial charge is 0.392 e. The van der Waals surface area contributed by atoms with Gasteiger partial charge < -0.3 is 15.7 Å². The number of carbonyl (C=O) groups excluding carboxylic acids is 2. The number of aliphatic hydroxyl groups excluding tert-OH is 1. The first-order valence-corrected chi connectivity index (χ1v) is 5.78. The van der Waals surface area contributed by atoms with Crippen LogP contribution >= 0.6 is 0 Å². The standard InChI is InChI=1S/C13H18N2O3/c1-9-4-3-5-11(6-9)8-15-13(18)12(17)14-7-10(2)16/h3-6,10,16H,7-8H2,1-2H3,(H,14,17)(H,15,18)/t10-/m1/s1. The molecule has 0 fully saturated rings. The summed E-state index contributed by atoms with van der Waals surface area (Å²) in [5.41, 5.74) is 2.03. The molecule has 0 aliphatic heterocycles. The zero-order valence-electron chi connectivity index (χ0n) is 10.6. The quantitative estimate of drug-likeness (QED) is 0.664. The maximum atomic E-state index is 11.4. The molecule has 5 heteroatoms. The second kappa shape index (κ2) is 6.76. The summed E-state index contributed by atoms with van der Waals surface area (Å²) >= 11 is 0. The SMILES string of the molecule is Cc1cccc(CNC(=O)C(=O)NC[C@@H](C)O)c1. The van der Waals surface area contributed by atoms with Crippen LogP contribution in [0, 0.1) is 6.92 Å². The molecule has 1 rings (SSSR count). The third-order valence-corrected chi connectivity index (χ3v) is 2.30. The second-order valence-corrected chi connectivity index (χ2v) is 4.23. The third-order valence-electron chi connectivity index (χ3n) is 2.30. The number of amides is 2. The Morgan fingerprint density at radius 3 is 2.56 bits per heavy atom. The summed E-state index contributed by atoms with van der Waals surface area (Å²) in [5, 5.41) is 13.8. The van der Waals surface area contributed by atoms with Crippen LogP contribution in [-0.2, 0) is 16.1 Å². The number of carbonyl (C=O) groups is 2. The number of nitrogens with one attached hydrogen (secondary N) is 2. The molecule has 0 heterocycles. The van der Waals surface area contributed by atoms with Crippen molar-refractivity contribution in [2.45, 2.75) is 26.5 Å². The monoisotopic (exact) mass is 250 g/mol. The van der Waals surface area contributed by atoms with E-state index in [1.165, 1.54) is 6.92 Å². The van der Waals surface area contributed by atoms with E-state index in [1.54, 1.807) is 0 Å². The predicted octanol–water partition coefficient (Wildman–Crippen LogP) is 0.108. The number of hydrogen-bond acceptors (Lipinski definition) is 3. The van der Waals surface area contributed by atoms with E-state index in [-0.39, 0.29) is 6.54 Å². The molecule has 0 saturated heterocycles. The zero-order chi connectivity index (χ0) is 13.5. The lowest BCUT2D eigenvalue weighted by molar-refractivity contribution is -0.139. The zero-order valence-corrected chi connectivity index (χ0v) is 10.6. The van der Waals surface area contributed by atoms with Gasteiger partial charge >= 0.3 is 11.8 Å². The number of rotatable bonds is 4. The molecular formula is C13H18N2O3. The first-order chi connectivity index (χ1) is 8.49. The summed E-state index contributed by atoms with van der Waals surface area (Å²) in [7, 11) is 0. The average Bonchev–Trinajstić information content (AvgIpc) is 2.33. The second-order valence-electron chi connectivity index (χ2n) is 4.23. The fraction of sp³-hybridized carbons (Fsp3) is 0.385. The van der Waals surface area contributed by atoms with E-state index >= 15 is 0 Å². The molecule has 0 bridgehead atoms. The van der Waals surface area contributed by atoms with E-state index in [0.29, 0.717) is 6.54 Å². The van der Waals surface area contributed by atoms with Crippen molar-refractivity contribution in [3.05, 3.63) is 35.4 Å². The van der Waals surface area contributed by atoms with Crippen LogP contribution in [0.15, 0.2) is 24.3 Å². The molecule has 5 nitrogen and oxygen atoms in total. The van der Waals surface area contributed by atoms with Gasteiger partial charge in [0.2, 0.25) is 0 Å². The third kappa shape index (κ3) is 4.97. The highest BCUT2D eigenvalue weighted by molar-refractivity contribution is 6.35. The van der Waals surface area contributed by atoms with Crippen molar-refractivity contribution in [1.82, 2.24) is 10.6 Å². The highest BCUT2D eigenvalue weighted by Gasteiger charge is 2.12. The maximum absolute atomic E-state index is 11.4. The minimum Gasteiger partial charge on any atom is -0.392 e. The molecule has 18 heavy (non-hydrogen) atoms. The van der Waals surface area contributed by atoms with E-state index in [9.17, 15) is 9.59 Å². The van der Waals surface area contributed by atoms with Crippen LogP contribution in [0.4, 0.5) is 0 Å². The lowest BCUT2D eigenvalue weighted by Gasteiger charge is -2.08. The minimum absolute atomic E-state index is 0.0662. The van der Waals surface area contributed by atoms with Gasteiger partial charge in [-0.1, -0.05) is 29.8 Å². The molecule has 98 valence electrons. The first kappa shape index (κ1) is 14.2. The van der Waals surface area contributed by atoms with Gasteiger partial charge in [-0.2, -0.15) is 0 Å². The van der Waals surface area contributed by atoms with E-state index in [4.69, 9.17) is 5.11 Å². The molecule has 2 amide bonds. The van der Waals surface area contributed by atoms with Crippen molar-refractivity contribution < 1.29 is 14.7 Å². The first-order valence-electron chi connectivity index (χ1n) is 5.78. The Hall–Kier alpha value is -1.88. The lowest BCUT2D eigenvalue weighted by atomic mass is 10.1. The number of benzene rings is 1. The van der Waals surface area contributed by atoms with E-state index in [1.807, 2.05) is 31.2 Å². The van der Waals surface area contributed by atoms with Crippen LogP contribution in [-0.4, -0.2) is 29.6 Å². The Kier molecular flexibility index (Phi) is 5.32. The van der Waals surface area contributed by atoms with E-state index in [0.717, 1.165) is 11.1 Å². The molecule has 3 N–H and O–H groups in total. The Labute approximate surface area is 106 Å². The number of aryl methyl sites for hydroxylation is 1.